The first-order chi connectivity index (χ1) is 8.65. The molecule has 1 fully saturated rings. The molecule has 0 spiro atoms. The van der Waals surface area contributed by atoms with E-state index >= 15 is 0 Å². The molecule has 4 heteroatoms. The van der Waals surface area contributed by atoms with Crippen LogP contribution in [0.25, 0.3) is 0 Å². The average Bonchev–Trinajstić information content (AvgIpc) is 2.34. The van der Waals surface area contributed by atoms with Crippen LogP contribution in [0.15, 0.2) is 28.7 Å². The van der Waals surface area contributed by atoms with Crippen LogP contribution in [0.2, 0.25) is 0 Å². The lowest BCUT2D eigenvalue weighted by Gasteiger charge is -2.38. The van der Waals surface area contributed by atoms with Crippen molar-refractivity contribution < 1.29 is 4.74 Å². The van der Waals surface area contributed by atoms with Crippen molar-refractivity contribution in [2.45, 2.75) is 13.0 Å². The van der Waals surface area contributed by atoms with Gasteiger partial charge in [0.2, 0.25) is 0 Å². The third kappa shape index (κ3) is 3.97. The van der Waals surface area contributed by atoms with Gasteiger partial charge in [0, 0.05) is 36.7 Å². The summed E-state index contributed by atoms with van der Waals surface area (Å²) in [4.78, 5) is 4.88. The molecule has 18 heavy (non-hydrogen) atoms. The molecule has 0 amide bonds. The molecule has 1 saturated heterocycles. The second kappa shape index (κ2) is 6.55. The van der Waals surface area contributed by atoms with Gasteiger partial charge in [-0.05, 0) is 38.2 Å². The number of benzene rings is 1. The van der Waals surface area contributed by atoms with Crippen molar-refractivity contribution in [2.24, 2.45) is 0 Å². The zero-order chi connectivity index (χ0) is 13.0. The van der Waals surface area contributed by atoms with E-state index in [9.17, 15) is 0 Å². The van der Waals surface area contributed by atoms with Crippen LogP contribution in [-0.4, -0.2) is 55.7 Å². The fraction of sp³-hybridized carbons (Fsp3) is 0.571. The average molecular weight is 313 g/mol. The number of halogens is 1. The van der Waals surface area contributed by atoms with Crippen molar-refractivity contribution in [1.29, 1.82) is 0 Å². The first-order valence-electron chi connectivity index (χ1n) is 6.46. The number of rotatable bonds is 4. The highest BCUT2D eigenvalue weighted by Crippen LogP contribution is 2.16. The predicted octanol–water partition coefficient (Wildman–Crippen LogP) is 2.46. The Morgan fingerprint density at radius 2 is 2.00 bits per heavy atom. The maximum atomic E-state index is 5.76. The van der Waals surface area contributed by atoms with Crippen LogP contribution in [0, 0.1) is 0 Å². The van der Waals surface area contributed by atoms with Crippen molar-refractivity contribution >= 4 is 15.9 Å². The number of likely N-dealkylation sites (N-methyl/N-ethyl adjacent to an activating group) is 1. The molecule has 1 aromatic rings. The second-order valence-corrected chi connectivity index (χ2v) is 5.87. The van der Waals surface area contributed by atoms with E-state index in [4.69, 9.17) is 4.74 Å². The zero-order valence-electron chi connectivity index (χ0n) is 11.1. The minimum absolute atomic E-state index is 0.622. The van der Waals surface area contributed by atoms with Gasteiger partial charge in [-0.25, -0.2) is 0 Å². The van der Waals surface area contributed by atoms with Gasteiger partial charge >= 0.3 is 0 Å². The molecule has 0 radical (unpaired) electrons. The fourth-order valence-corrected chi connectivity index (χ4v) is 2.59. The molecule has 1 aliphatic heterocycles. The molecule has 100 valence electrons. The highest BCUT2D eigenvalue weighted by Gasteiger charge is 2.20. The summed E-state index contributed by atoms with van der Waals surface area (Å²) >= 11 is 3.42. The molecule has 1 unspecified atom stereocenters. The second-order valence-electron chi connectivity index (χ2n) is 4.95. The molecule has 1 aliphatic rings. The third-order valence-corrected chi connectivity index (χ3v) is 3.96. The minimum Gasteiger partial charge on any atom is -0.492 e. The van der Waals surface area contributed by atoms with E-state index < -0.39 is 0 Å². The molecule has 0 N–H and O–H groups in total. The zero-order valence-corrected chi connectivity index (χ0v) is 12.7. The molecule has 1 aromatic carbocycles. The highest BCUT2D eigenvalue weighted by atomic mass is 79.9. The van der Waals surface area contributed by atoms with E-state index in [-0.39, 0.29) is 0 Å². The van der Waals surface area contributed by atoms with Crippen molar-refractivity contribution in [3.63, 3.8) is 0 Å². The van der Waals surface area contributed by atoms with Crippen molar-refractivity contribution in [1.82, 2.24) is 9.80 Å². The summed E-state index contributed by atoms with van der Waals surface area (Å²) in [6.07, 6.45) is 0. The van der Waals surface area contributed by atoms with Crippen LogP contribution in [0.4, 0.5) is 0 Å². The van der Waals surface area contributed by atoms with Gasteiger partial charge in [0.25, 0.3) is 0 Å². The highest BCUT2D eigenvalue weighted by molar-refractivity contribution is 9.10. The molecule has 0 bridgehead atoms. The number of nitrogens with zero attached hydrogens (tertiary/aromatic N) is 2. The Morgan fingerprint density at radius 3 is 2.67 bits per heavy atom. The summed E-state index contributed by atoms with van der Waals surface area (Å²) < 4.78 is 6.85. The van der Waals surface area contributed by atoms with Gasteiger partial charge in [-0.1, -0.05) is 15.9 Å². The normalized spacial score (nSPS) is 22.1. The molecule has 1 atom stereocenters. The maximum absolute atomic E-state index is 5.76. The van der Waals surface area contributed by atoms with Gasteiger partial charge in [-0.3, -0.25) is 4.90 Å². The van der Waals surface area contributed by atoms with Crippen LogP contribution in [-0.2, 0) is 0 Å². The van der Waals surface area contributed by atoms with E-state index in [0.717, 1.165) is 43.0 Å². The standard InChI is InChI=1S/C14H21BrN2O/c1-12-11-16(2)7-8-17(12)9-10-18-14-5-3-13(15)4-6-14/h3-6,12H,7-11H2,1-2H3. The fourth-order valence-electron chi connectivity index (χ4n) is 2.32. The van der Waals surface area contributed by atoms with Gasteiger partial charge in [-0.15, -0.1) is 0 Å². The molecule has 0 aromatic heterocycles. The van der Waals surface area contributed by atoms with E-state index in [1.165, 1.54) is 0 Å². The summed E-state index contributed by atoms with van der Waals surface area (Å²) in [6.45, 7) is 7.50. The topological polar surface area (TPSA) is 15.7 Å². The summed E-state index contributed by atoms with van der Waals surface area (Å²) in [5, 5.41) is 0. The number of hydrogen-bond donors (Lipinski definition) is 0. The largest absolute Gasteiger partial charge is 0.492 e. The van der Waals surface area contributed by atoms with E-state index in [2.05, 4.69) is 39.7 Å². The minimum atomic E-state index is 0.622. The van der Waals surface area contributed by atoms with Crippen LogP contribution < -0.4 is 4.74 Å². The van der Waals surface area contributed by atoms with Gasteiger partial charge in [0.05, 0.1) is 0 Å². The van der Waals surface area contributed by atoms with E-state index in [1.54, 1.807) is 0 Å². The van der Waals surface area contributed by atoms with Gasteiger partial charge < -0.3 is 9.64 Å². The number of ether oxygens (including phenoxy) is 1. The van der Waals surface area contributed by atoms with Crippen LogP contribution in [0.3, 0.4) is 0 Å². The monoisotopic (exact) mass is 312 g/mol. The first kappa shape index (κ1) is 13.8. The Labute approximate surface area is 118 Å². The predicted molar refractivity (Wildman–Crippen MR) is 78.2 cm³/mol. The Bertz CT molecular complexity index is 369. The molecular weight excluding hydrogens is 292 g/mol. The Balaban J connectivity index is 1.73. The third-order valence-electron chi connectivity index (χ3n) is 3.43. The molecule has 2 rings (SSSR count). The maximum Gasteiger partial charge on any atom is 0.119 e. The van der Waals surface area contributed by atoms with Gasteiger partial charge in [0.15, 0.2) is 0 Å². The quantitative estimate of drug-likeness (QED) is 0.849. The lowest BCUT2D eigenvalue weighted by atomic mass is 10.2. The molecule has 1 heterocycles. The van der Waals surface area contributed by atoms with Crippen molar-refractivity contribution in [2.75, 3.05) is 39.8 Å². The summed E-state index contributed by atoms with van der Waals surface area (Å²) in [5.74, 6) is 0.944. The van der Waals surface area contributed by atoms with E-state index in [0.29, 0.717) is 6.04 Å². The molecule has 3 nitrogen and oxygen atoms in total. The van der Waals surface area contributed by atoms with Crippen LogP contribution in [0.5, 0.6) is 5.75 Å². The summed E-state index contributed by atoms with van der Waals surface area (Å²) in [5.41, 5.74) is 0. The molecule has 0 aliphatic carbocycles. The summed E-state index contributed by atoms with van der Waals surface area (Å²) in [7, 11) is 2.19. The Kier molecular flexibility index (Phi) is 5.03. The van der Waals surface area contributed by atoms with E-state index in [1.807, 2.05) is 24.3 Å². The smallest absolute Gasteiger partial charge is 0.119 e. The Hall–Kier alpha value is -0.580. The van der Waals surface area contributed by atoms with Crippen LogP contribution in [0.1, 0.15) is 6.92 Å². The van der Waals surface area contributed by atoms with Crippen molar-refractivity contribution in [3.8, 4) is 5.75 Å². The van der Waals surface area contributed by atoms with Crippen LogP contribution >= 0.6 is 15.9 Å². The number of hydrogen-bond acceptors (Lipinski definition) is 3. The Morgan fingerprint density at radius 1 is 1.28 bits per heavy atom. The lowest BCUT2D eigenvalue weighted by molar-refractivity contribution is 0.0858. The molecular formula is C14H21BrN2O. The van der Waals surface area contributed by atoms with Gasteiger partial charge in [-0.2, -0.15) is 0 Å². The summed E-state index contributed by atoms with van der Waals surface area (Å²) in [6, 6.07) is 8.63. The van der Waals surface area contributed by atoms with Gasteiger partial charge in [0.1, 0.15) is 12.4 Å². The molecule has 0 saturated carbocycles. The van der Waals surface area contributed by atoms with Crippen molar-refractivity contribution in [3.05, 3.63) is 28.7 Å². The SMILES string of the molecule is CC1CN(C)CCN1CCOc1ccc(Br)cc1. The lowest BCUT2D eigenvalue weighted by Crippen LogP contribution is -2.51. The first-order valence-corrected chi connectivity index (χ1v) is 7.25. The number of piperazine rings is 1.